The summed E-state index contributed by atoms with van der Waals surface area (Å²) in [6.45, 7) is 1.04. The van der Waals surface area contributed by atoms with Gasteiger partial charge in [-0.2, -0.15) is 13.2 Å². The van der Waals surface area contributed by atoms with Gasteiger partial charge in [-0.3, -0.25) is 4.79 Å². The highest BCUT2D eigenvalue weighted by molar-refractivity contribution is 8.00. The van der Waals surface area contributed by atoms with Gasteiger partial charge in [0.2, 0.25) is 0 Å². The number of ether oxygens (including phenoxy) is 1. The van der Waals surface area contributed by atoms with Crippen molar-refractivity contribution in [2.45, 2.75) is 29.1 Å². The molecule has 0 saturated heterocycles. The fourth-order valence-corrected chi connectivity index (χ4v) is 2.10. The second kappa shape index (κ2) is 6.35. The number of hydrogen-bond donors (Lipinski definition) is 0. The van der Waals surface area contributed by atoms with Gasteiger partial charge in [0.05, 0.1) is 0 Å². The van der Waals surface area contributed by atoms with Crippen molar-refractivity contribution in [2.75, 3.05) is 0 Å². The Morgan fingerprint density at radius 2 is 1.81 bits per heavy atom. The Bertz CT molecular complexity index is 528. The predicted molar refractivity (Wildman–Crippen MR) is 64.3 cm³/mol. The molecule has 0 radical (unpaired) electrons. The normalized spacial score (nSPS) is 13.9. The van der Waals surface area contributed by atoms with Gasteiger partial charge in [0.25, 0.3) is 0 Å². The van der Waals surface area contributed by atoms with Crippen LogP contribution in [0.15, 0.2) is 23.1 Å². The van der Waals surface area contributed by atoms with Gasteiger partial charge < -0.3 is 4.74 Å². The summed E-state index contributed by atoms with van der Waals surface area (Å²) in [5.74, 6) is -1.60. The fourth-order valence-electron chi connectivity index (χ4n) is 1.35. The minimum atomic E-state index is -5.12. The molecule has 1 aromatic rings. The van der Waals surface area contributed by atoms with E-state index in [1.54, 1.807) is 0 Å². The number of carbonyl (C=O) groups excluding carboxylic acids is 1. The monoisotopic (exact) mass is 352 g/mol. The summed E-state index contributed by atoms with van der Waals surface area (Å²) < 4.78 is 77.1. The molecule has 0 N–H and O–H groups in total. The van der Waals surface area contributed by atoms with E-state index in [0.29, 0.717) is 6.07 Å². The van der Waals surface area contributed by atoms with Crippen molar-refractivity contribution in [3.05, 3.63) is 23.8 Å². The number of benzene rings is 1. The van der Waals surface area contributed by atoms with Crippen LogP contribution in [0.4, 0.5) is 26.3 Å². The van der Waals surface area contributed by atoms with Crippen LogP contribution < -0.4 is 4.74 Å². The number of rotatable bonds is 4. The number of Topliss-reactive ketones (excluding diaryl/α,β-unsaturated/α-hetero) is 1. The van der Waals surface area contributed by atoms with Crippen LogP contribution in [0.1, 0.15) is 17.9 Å². The number of alkyl halides is 7. The third kappa shape index (κ3) is 6.04. The Morgan fingerprint density at radius 3 is 2.24 bits per heavy atom. The third-order valence-electron chi connectivity index (χ3n) is 2.07. The Balaban J connectivity index is 3.23. The molecule has 0 bridgehead atoms. The zero-order valence-corrected chi connectivity index (χ0v) is 11.8. The fraction of sp³-hybridized carbons (Fsp3) is 0.364. The van der Waals surface area contributed by atoms with Gasteiger partial charge in [0.15, 0.2) is 5.78 Å². The highest BCUT2D eigenvalue weighted by atomic mass is 35.5. The Hall–Kier alpha value is -1.09. The van der Waals surface area contributed by atoms with Crippen LogP contribution in [-0.4, -0.2) is 17.7 Å². The van der Waals surface area contributed by atoms with Gasteiger partial charge >= 0.3 is 11.9 Å². The van der Waals surface area contributed by atoms with Gasteiger partial charge in [-0.05, 0) is 30.8 Å². The van der Waals surface area contributed by atoms with Gasteiger partial charge in [-0.15, -0.1) is 24.8 Å². The van der Waals surface area contributed by atoms with Crippen LogP contribution in [0.25, 0.3) is 0 Å². The molecule has 0 aliphatic rings. The molecule has 10 heteroatoms. The number of hydrogen-bond acceptors (Lipinski definition) is 3. The molecule has 118 valence electrons. The topological polar surface area (TPSA) is 26.3 Å². The molecule has 21 heavy (non-hydrogen) atoms. The predicted octanol–water partition coefficient (Wildman–Crippen LogP) is 5.07. The van der Waals surface area contributed by atoms with Crippen molar-refractivity contribution in [1.82, 2.24) is 0 Å². The maximum Gasteiger partial charge on any atom is 0.573 e. The first-order chi connectivity index (χ1) is 9.39. The molecule has 1 unspecified atom stereocenters. The average Bonchev–Trinajstić information content (AvgIpc) is 2.23. The van der Waals surface area contributed by atoms with E-state index in [1.807, 2.05) is 0 Å². The van der Waals surface area contributed by atoms with Crippen LogP contribution in [0, 0.1) is 0 Å². The summed E-state index contributed by atoms with van der Waals surface area (Å²) in [6.07, 6.45) is -5.12. The SMILES string of the molecule is CC(=O)C(Cl)c1ccc(SC(F)(F)F)cc1OC(F)(F)F. The Kier molecular flexibility index (Phi) is 5.43. The second-order valence-corrected chi connectivity index (χ2v) is 5.34. The summed E-state index contributed by atoms with van der Waals surface area (Å²) >= 11 is 5.03. The molecular weight excluding hydrogens is 346 g/mol. The van der Waals surface area contributed by atoms with E-state index in [2.05, 4.69) is 4.74 Å². The summed E-state index contributed by atoms with van der Waals surface area (Å²) in [7, 11) is 0. The minimum Gasteiger partial charge on any atom is -0.405 e. The summed E-state index contributed by atoms with van der Waals surface area (Å²) in [4.78, 5) is 10.6. The first-order valence-corrected chi connectivity index (χ1v) is 6.44. The highest BCUT2D eigenvalue weighted by Gasteiger charge is 2.35. The van der Waals surface area contributed by atoms with Crippen LogP contribution in [0.2, 0.25) is 0 Å². The van der Waals surface area contributed by atoms with Crippen LogP contribution >= 0.6 is 23.4 Å². The molecule has 0 saturated carbocycles. The molecule has 0 aliphatic heterocycles. The van der Waals surface area contributed by atoms with E-state index in [-0.39, 0.29) is 5.56 Å². The molecule has 0 fully saturated rings. The second-order valence-electron chi connectivity index (χ2n) is 3.77. The Morgan fingerprint density at radius 1 is 1.24 bits per heavy atom. The lowest BCUT2D eigenvalue weighted by molar-refractivity contribution is -0.275. The van der Waals surface area contributed by atoms with E-state index in [9.17, 15) is 31.1 Å². The molecule has 1 aromatic carbocycles. The van der Waals surface area contributed by atoms with E-state index in [1.165, 1.54) is 0 Å². The van der Waals surface area contributed by atoms with Gasteiger partial charge in [0.1, 0.15) is 11.1 Å². The van der Waals surface area contributed by atoms with Crippen molar-refractivity contribution in [3.63, 3.8) is 0 Å². The molecule has 0 amide bonds. The number of ketones is 1. The smallest absolute Gasteiger partial charge is 0.405 e. The van der Waals surface area contributed by atoms with Crippen LogP contribution in [0.3, 0.4) is 0 Å². The first-order valence-electron chi connectivity index (χ1n) is 5.19. The molecule has 0 heterocycles. The number of halogens is 7. The molecule has 2 nitrogen and oxygen atoms in total. The van der Waals surface area contributed by atoms with E-state index < -0.39 is 45.4 Å². The van der Waals surface area contributed by atoms with Crippen molar-refractivity contribution in [3.8, 4) is 5.75 Å². The molecule has 1 atom stereocenters. The van der Waals surface area contributed by atoms with Crippen molar-refractivity contribution < 1.29 is 35.9 Å². The zero-order chi connectivity index (χ0) is 16.4. The minimum absolute atomic E-state index is 0.354. The lowest BCUT2D eigenvalue weighted by Crippen LogP contribution is -2.19. The maximum absolute atomic E-state index is 12.3. The van der Waals surface area contributed by atoms with Crippen LogP contribution in [-0.2, 0) is 4.79 Å². The standard InChI is InChI=1S/C11H7ClF6O2S/c1-5(19)9(12)7-3-2-6(21-11(16,17)18)4-8(7)20-10(13,14)15/h2-4,9H,1H3. The third-order valence-corrected chi connectivity index (χ3v) is 3.34. The van der Waals surface area contributed by atoms with Crippen molar-refractivity contribution in [1.29, 1.82) is 0 Å². The van der Waals surface area contributed by atoms with Crippen LogP contribution in [0.5, 0.6) is 5.75 Å². The number of carbonyl (C=O) groups is 1. The van der Waals surface area contributed by atoms with E-state index >= 15 is 0 Å². The van der Waals surface area contributed by atoms with E-state index in [4.69, 9.17) is 11.6 Å². The summed E-state index contributed by atoms with van der Waals surface area (Å²) in [6, 6.07) is 2.35. The lowest BCUT2D eigenvalue weighted by atomic mass is 10.1. The lowest BCUT2D eigenvalue weighted by Gasteiger charge is -2.16. The van der Waals surface area contributed by atoms with E-state index in [0.717, 1.165) is 19.1 Å². The van der Waals surface area contributed by atoms with Crippen molar-refractivity contribution in [2.24, 2.45) is 0 Å². The zero-order valence-electron chi connectivity index (χ0n) is 10.2. The molecule has 1 rings (SSSR count). The summed E-state index contributed by atoms with van der Waals surface area (Å²) in [5.41, 5.74) is -5.02. The number of thioether (sulfide) groups is 1. The van der Waals surface area contributed by atoms with Crippen molar-refractivity contribution >= 4 is 29.1 Å². The quantitative estimate of drug-likeness (QED) is 0.430. The van der Waals surface area contributed by atoms with Gasteiger partial charge in [0, 0.05) is 10.5 Å². The molecule has 0 spiro atoms. The molecular formula is C11H7ClF6O2S. The van der Waals surface area contributed by atoms with Gasteiger partial charge in [-0.1, -0.05) is 6.07 Å². The maximum atomic E-state index is 12.3. The summed E-state index contributed by atoms with van der Waals surface area (Å²) in [5, 5.41) is -1.45. The largest absolute Gasteiger partial charge is 0.573 e. The highest BCUT2D eigenvalue weighted by Crippen LogP contribution is 2.41. The average molecular weight is 353 g/mol. The first kappa shape index (κ1) is 18.0. The molecule has 0 aromatic heterocycles. The van der Waals surface area contributed by atoms with Gasteiger partial charge in [-0.25, -0.2) is 0 Å². The molecule has 0 aliphatic carbocycles. The Labute approximate surface area is 124 Å².